The van der Waals surface area contributed by atoms with Gasteiger partial charge in [-0.25, -0.2) is 4.68 Å². The van der Waals surface area contributed by atoms with Gasteiger partial charge in [-0.3, -0.25) is 9.59 Å². The monoisotopic (exact) mass is 381 g/mol. The standard InChI is InChI=1S/C21H27N5O2/c1-16-12-17-6-3-4-7-19(17)26(16)21(28)15-25-20(27)13-18(14-22-25)24-9-5-8-23(2)10-11-24/h3-4,6-7,13-14,16H,5,8-12,15H2,1-2H3/t16-/m1/s1. The molecule has 0 spiro atoms. The summed E-state index contributed by atoms with van der Waals surface area (Å²) in [5.41, 5.74) is 2.72. The molecule has 2 aliphatic rings. The van der Waals surface area contributed by atoms with Gasteiger partial charge in [-0.1, -0.05) is 18.2 Å². The Morgan fingerprint density at radius 1 is 1.18 bits per heavy atom. The Labute approximate surface area is 165 Å². The van der Waals surface area contributed by atoms with E-state index in [2.05, 4.69) is 28.0 Å². The number of hydrogen-bond donors (Lipinski definition) is 0. The number of nitrogens with zero attached hydrogens (tertiary/aromatic N) is 5. The fraction of sp³-hybridized carbons (Fsp3) is 0.476. The number of likely N-dealkylation sites (N-methyl/N-ethyl adjacent to an activating group) is 1. The van der Waals surface area contributed by atoms with Crippen LogP contribution in [0.1, 0.15) is 18.9 Å². The average molecular weight is 381 g/mol. The molecule has 0 saturated carbocycles. The fourth-order valence-corrected chi connectivity index (χ4v) is 4.17. The van der Waals surface area contributed by atoms with E-state index in [0.717, 1.165) is 50.4 Å². The molecule has 1 fully saturated rings. The first kappa shape index (κ1) is 18.7. The molecule has 0 aliphatic carbocycles. The van der Waals surface area contributed by atoms with Crippen LogP contribution in [0.3, 0.4) is 0 Å². The third kappa shape index (κ3) is 3.67. The molecule has 0 bridgehead atoms. The highest BCUT2D eigenvalue weighted by Crippen LogP contribution is 2.31. The summed E-state index contributed by atoms with van der Waals surface area (Å²) in [5, 5.41) is 4.30. The predicted molar refractivity (Wildman–Crippen MR) is 110 cm³/mol. The molecule has 7 nitrogen and oxygen atoms in total. The zero-order valence-corrected chi connectivity index (χ0v) is 16.5. The maximum absolute atomic E-state index is 12.9. The number of carbonyl (C=O) groups is 1. The number of fused-ring (bicyclic) bond motifs is 1. The van der Waals surface area contributed by atoms with E-state index < -0.39 is 0 Å². The molecule has 2 aliphatic heterocycles. The third-order valence-electron chi connectivity index (χ3n) is 5.70. The molecule has 0 radical (unpaired) electrons. The van der Waals surface area contributed by atoms with Crippen LogP contribution in [0, 0.1) is 0 Å². The van der Waals surface area contributed by atoms with Crippen molar-refractivity contribution in [1.29, 1.82) is 0 Å². The molecule has 1 amide bonds. The van der Waals surface area contributed by atoms with Crippen molar-refractivity contribution in [2.24, 2.45) is 0 Å². The topological polar surface area (TPSA) is 61.7 Å². The van der Waals surface area contributed by atoms with Gasteiger partial charge in [0.05, 0.1) is 11.9 Å². The van der Waals surface area contributed by atoms with Gasteiger partial charge in [-0.15, -0.1) is 0 Å². The second-order valence-corrected chi connectivity index (χ2v) is 7.80. The molecule has 1 atom stereocenters. The summed E-state index contributed by atoms with van der Waals surface area (Å²) >= 11 is 0. The van der Waals surface area contributed by atoms with E-state index in [0.29, 0.717) is 0 Å². The van der Waals surface area contributed by atoms with Gasteiger partial charge in [0.1, 0.15) is 6.54 Å². The number of amides is 1. The van der Waals surface area contributed by atoms with Crippen LogP contribution in [-0.4, -0.2) is 59.9 Å². The van der Waals surface area contributed by atoms with E-state index in [-0.39, 0.29) is 24.1 Å². The van der Waals surface area contributed by atoms with Crippen molar-refractivity contribution in [2.75, 3.05) is 43.0 Å². The molecule has 4 rings (SSSR count). The number of anilines is 2. The van der Waals surface area contributed by atoms with E-state index in [9.17, 15) is 9.59 Å². The summed E-state index contributed by atoms with van der Waals surface area (Å²) in [6.07, 6.45) is 3.61. The number of hydrogen-bond acceptors (Lipinski definition) is 5. The highest BCUT2D eigenvalue weighted by Gasteiger charge is 2.30. The van der Waals surface area contributed by atoms with Gasteiger partial charge in [0.25, 0.3) is 5.56 Å². The molecule has 28 heavy (non-hydrogen) atoms. The van der Waals surface area contributed by atoms with Gasteiger partial charge in [-0.2, -0.15) is 5.10 Å². The SMILES string of the molecule is C[C@@H]1Cc2ccccc2N1C(=O)Cn1ncc(N2CCCN(C)CC2)cc1=O. The lowest BCUT2D eigenvalue weighted by atomic mass is 10.1. The van der Waals surface area contributed by atoms with Gasteiger partial charge in [-0.05, 0) is 45.0 Å². The lowest BCUT2D eigenvalue weighted by Gasteiger charge is -2.24. The average Bonchev–Trinajstić information content (AvgIpc) is 2.86. The first-order valence-corrected chi connectivity index (χ1v) is 9.93. The number of rotatable bonds is 3. The Kier molecular flexibility index (Phi) is 5.17. The van der Waals surface area contributed by atoms with Crippen molar-refractivity contribution >= 4 is 17.3 Å². The van der Waals surface area contributed by atoms with E-state index in [1.807, 2.05) is 25.1 Å². The van der Waals surface area contributed by atoms with Crippen LogP contribution in [0.15, 0.2) is 41.3 Å². The van der Waals surface area contributed by atoms with Crippen molar-refractivity contribution in [3.8, 4) is 0 Å². The minimum atomic E-state index is -0.233. The van der Waals surface area contributed by atoms with Gasteiger partial charge in [0.15, 0.2) is 0 Å². The van der Waals surface area contributed by atoms with E-state index >= 15 is 0 Å². The summed E-state index contributed by atoms with van der Waals surface area (Å²) in [5.74, 6) is -0.101. The quantitative estimate of drug-likeness (QED) is 0.804. The summed E-state index contributed by atoms with van der Waals surface area (Å²) in [7, 11) is 2.11. The predicted octanol–water partition coefficient (Wildman–Crippen LogP) is 1.36. The molecule has 0 unspecified atom stereocenters. The molecule has 7 heteroatoms. The van der Waals surface area contributed by atoms with E-state index in [4.69, 9.17) is 0 Å². The first-order valence-electron chi connectivity index (χ1n) is 9.93. The van der Waals surface area contributed by atoms with Crippen molar-refractivity contribution in [1.82, 2.24) is 14.7 Å². The molecule has 1 aromatic carbocycles. The molecule has 2 aromatic rings. The van der Waals surface area contributed by atoms with Gasteiger partial charge in [0, 0.05) is 37.4 Å². The summed E-state index contributed by atoms with van der Waals surface area (Å²) < 4.78 is 1.27. The maximum Gasteiger partial charge on any atom is 0.269 e. The smallest absolute Gasteiger partial charge is 0.269 e. The molecular weight excluding hydrogens is 354 g/mol. The van der Waals surface area contributed by atoms with Gasteiger partial charge in [0.2, 0.25) is 5.91 Å². The van der Waals surface area contributed by atoms with E-state index in [1.54, 1.807) is 17.2 Å². The zero-order chi connectivity index (χ0) is 19.7. The number of para-hydroxylation sites is 1. The minimum absolute atomic E-state index is 0.0411. The van der Waals surface area contributed by atoms with Crippen molar-refractivity contribution in [2.45, 2.75) is 32.4 Å². The lowest BCUT2D eigenvalue weighted by molar-refractivity contribution is -0.119. The van der Waals surface area contributed by atoms with Crippen LogP contribution >= 0.6 is 0 Å². The van der Waals surface area contributed by atoms with Gasteiger partial charge >= 0.3 is 0 Å². The first-order chi connectivity index (χ1) is 13.5. The highest BCUT2D eigenvalue weighted by molar-refractivity contribution is 5.96. The van der Waals surface area contributed by atoms with Crippen molar-refractivity contribution in [3.63, 3.8) is 0 Å². The number of aromatic nitrogens is 2. The minimum Gasteiger partial charge on any atom is -0.369 e. The van der Waals surface area contributed by atoms with Crippen LogP contribution in [0.2, 0.25) is 0 Å². The molecule has 1 saturated heterocycles. The Morgan fingerprint density at radius 3 is 2.82 bits per heavy atom. The molecule has 3 heterocycles. The molecule has 1 aromatic heterocycles. The molecular formula is C21H27N5O2. The Hall–Kier alpha value is -2.67. The van der Waals surface area contributed by atoms with Crippen LogP contribution in [0.25, 0.3) is 0 Å². The third-order valence-corrected chi connectivity index (χ3v) is 5.70. The Morgan fingerprint density at radius 2 is 2.00 bits per heavy atom. The Bertz CT molecular complexity index is 925. The lowest BCUT2D eigenvalue weighted by Crippen LogP contribution is -2.40. The molecule has 148 valence electrons. The molecule has 0 N–H and O–H groups in total. The number of benzene rings is 1. The second-order valence-electron chi connectivity index (χ2n) is 7.80. The van der Waals surface area contributed by atoms with E-state index in [1.165, 1.54) is 10.2 Å². The fourth-order valence-electron chi connectivity index (χ4n) is 4.17. The van der Waals surface area contributed by atoms with Crippen LogP contribution < -0.4 is 15.4 Å². The van der Waals surface area contributed by atoms with Crippen LogP contribution in [0.4, 0.5) is 11.4 Å². The summed E-state index contributed by atoms with van der Waals surface area (Å²) in [4.78, 5) is 31.8. The van der Waals surface area contributed by atoms with Crippen LogP contribution in [-0.2, 0) is 17.8 Å². The summed E-state index contributed by atoms with van der Waals surface area (Å²) in [6, 6.07) is 9.64. The zero-order valence-electron chi connectivity index (χ0n) is 16.5. The largest absolute Gasteiger partial charge is 0.369 e. The second kappa shape index (κ2) is 7.75. The van der Waals surface area contributed by atoms with Crippen molar-refractivity contribution in [3.05, 3.63) is 52.4 Å². The maximum atomic E-state index is 12.9. The highest BCUT2D eigenvalue weighted by atomic mass is 16.2. The normalized spacial score (nSPS) is 20.1. The summed E-state index contributed by atoms with van der Waals surface area (Å²) in [6.45, 7) is 5.81. The van der Waals surface area contributed by atoms with Crippen molar-refractivity contribution < 1.29 is 4.79 Å². The van der Waals surface area contributed by atoms with Crippen LogP contribution in [0.5, 0.6) is 0 Å². The number of carbonyl (C=O) groups excluding carboxylic acids is 1. The van der Waals surface area contributed by atoms with Gasteiger partial charge < -0.3 is 14.7 Å². The Balaban J connectivity index is 1.50.